The minimum atomic E-state index is -0.129. The summed E-state index contributed by atoms with van der Waals surface area (Å²) in [5.41, 5.74) is 0.391. The van der Waals surface area contributed by atoms with Gasteiger partial charge in [-0.2, -0.15) is 0 Å². The van der Waals surface area contributed by atoms with Gasteiger partial charge in [0.05, 0.1) is 4.88 Å². The van der Waals surface area contributed by atoms with Crippen molar-refractivity contribution < 1.29 is 9.90 Å². The summed E-state index contributed by atoms with van der Waals surface area (Å²) in [6.45, 7) is 4.80. The van der Waals surface area contributed by atoms with Crippen molar-refractivity contribution in [3.8, 4) is 9.88 Å². The molecule has 4 nitrogen and oxygen atoms in total. The Balaban J connectivity index is 1.82. The second-order valence-electron chi connectivity index (χ2n) is 5.70. The highest BCUT2D eigenvalue weighted by atomic mass is 32.1. The van der Waals surface area contributed by atoms with Crippen LogP contribution in [0.1, 0.15) is 37.2 Å². The number of aliphatic hydroxyl groups is 1. The first kappa shape index (κ1) is 16.1. The number of hydrogen-bond acceptors (Lipinski definition) is 5. The van der Waals surface area contributed by atoms with E-state index in [2.05, 4.69) is 10.3 Å². The maximum Gasteiger partial charge on any atom is 0.270 e. The number of rotatable bonds is 7. The van der Waals surface area contributed by atoms with Crippen LogP contribution in [0.5, 0.6) is 0 Å². The number of nitrogens with one attached hydrogen (secondary N) is 1. The predicted molar refractivity (Wildman–Crippen MR) is 87.9 cm³/mol. The molecule has 0 aromatic carbocycles. The molecule has 0 spiro atoms. The van der Waals surface area contributed by atoms with Crippen LogP contribution in [0.15, 0.2) is 22.9 Å². The molecule has 0 saturated heterocycles. The van der Waals surface area contributed by atoms with Gasteiger partial charge < -0.3 is 10.4 Å². The Morgan fingerprint density at radius 1 is 1.43 bits per heavy atom. The standard InChI is InChI=1S/C15H20N2O2S2/c1-15(2,10-18)6-4-7-16-13(19)11-9-21-14(17-11)12-5-3-8-20-12/h3,5,8-9,18H,4,6-7,10H2,1-2H3,(H,16,19). The van der Waals surface area contributed by atoms with Gasteiger partial charge in [0.15, 0.2) is 0 Å². The summed E-state index contributed by atoms with van der Waals surface area (Å²) >= 11 is 3.11. The van der Waals surface area contributed by atoms with Crippen molar-refractivity contribution in [3.63, 3.8) is 0 Å². The number of thiazole rings is 1. The normalized spacial score (nSPS) is 11.6. The van der Waals surface area contributed by atoms with Crippen LogP contribution in [0.3, 0.4) is 0 Å². The van der Waals surface area contributed by atoms with Crippen LogP contribution in [0.2, 0.25) is 0 Å². The van der Waals surface area contributed by atoms with Gasteiger partial charge in [-0.15, -0.1) is 22.7 Å². The zero-order valence-electron chi connectivity index (χ0n) is 12.3. The van der Waals surface area contributed by atoms with E-state index in [-0.39, 0.29) is 17.9 Å². The van der Waals surface area contributed by atoms with Crippen LogP contribution < -0.4 is 5.32 Å². The summed E-state index contributed by atoms with van der Waals surface area (Å²) in [5.74, 6) is -0.129. The highest BCUT2D eigenvalue weighted by Crippen LogP contribution is 2.27. The number of hydrogen-bond donors (Lipinski definition) is 2. The zero-order chi connectivity index (χ0) is 15.3. The Hall–Kier alpha value is -1.24. The molecule has 2 heterocycles. The van der Waals surface area contributed by atoms with E-state index in [9.17, 15) is 9.90 Å². The first-order chi connectivity index (χ1) is 10.0. The number of amides is 1. The fourth-order valence-corrected chi connectivity index (χ4v) is 3.44. The van der Waals surface area contributed by atoms with Crippen molar-refractivity contribution in [2.75, 3.05) is 13.2 Å². The summed E-state index contributed by atoms with van der Waals surface area (Å²) in [4.78, 5) is 17.5. The largest absolute Gasteiger partial charge is 0.396 e. The quantitative estimate of drug-likeness (QED) is 0.767. The van der Waals surface area contributed by atoms with Crippen LogP contribution in [0.4, 0.5) is 0 Å². The molecule has 0 fully saturated rings. The van der Waals surface area contributed by atoms with Crippen molar-refractivity contribution >= 4 is 28.6 Å². The van der Waals surface area contributed by atoms with Gasteiger partial charge in [-0.1, -0.05) is 19.9 Å². The van der Waals surface area contributed by atoms with E-state index in [0.29, 0.717) is 12.2 Å². The second kappa shape index (κ2) is 7.15. The maximum absolute atomic E-state index is 12.0. The molecular weight excluding hydrogens is 304 g/mol. The molecular formula is C15H20N2O2S2. The van der Waals surface area contributed by atoms with Gasteiger partial charge in [0.2, 0.25) is 0 Å². The molecule has 0 aliphatic heterocycles. The summed E-state index contributed by atoms with van der Waals surface area (Å²) in [6, 6.07) is 3.98. The van der Waals surface area contributed by atoms with Crippen molar-refractivity contribution in [3.05, 3.63) is 28.6 Å². The fraction of sp³-hybridized carbons (Fsp3) is 0.467. The van der Waals surface area contributed by atoms with Gasteiger partial charge >= 0.3 is 0 Å². The average Bonchev–Trinajstić information content (AvgIpc) is 3.13. The highest BCUT2D eigenvalue weighted by Gasteiger charge is 2.16. The number of aliphatic hydroxyl groups excluding tert-OH is 1. The second-order valence-corrected chi connectivity index (χ2v) is 7.50. The van der Waals surface area contributed by atoms with Gasteiger partial charge in [-0.3, -0.25) is 4.79 Å². The number of carbonyl (C=O) groups excluding carboxylic acids is 1. The molecule has 1 amide bonds. The summed E-state index contributed by atoms with van der Waals surface area (Å²) in [5, 5.41) is 16.7. The Morgan fingerprint density at radius 3 is 2.90 bits per heavy atom. The third-order valence-corrected chi connectivity index (χ3v) is 5.09. The van der Waals surface area contributed by atoms with Crippen molar-refractivity contribution in [1.82, 2.24) is 10.3 Å². The van der Waals surface area contributed by atoms with Gasteiger partial charge in [-0.25, -0.2) is 4.98 Å². The molecule has 0 radical (unpaired) electrons. The zero-order valence-corrected chi connectivity index (χ0v) is 13.9. The lowest BCUT2D eigenvalue weighted by atomic mass is 9.89. The van der Waals surface area contributed by atoms with E-state index in [0.717, 1.165) is 22.7 Å². The van der Waals surface area contributed by atoms with Crippen molar-refractivity contribution in [2.45, 2.75) is 26.7 Å². The molecule has 0 bridgehead atoms. The van der Waals surface area contributed by atoms with Crippen molar-refractivity contribution in [2.24, 2.45) is 5.41 Å². The lowest BCUT2D eigenvalue weighted by molar-refractivity contribution is 0.0944. The summed E-state index contributed by atoms with van der Waals surface area (Å²) < 4.78 is 0. The van der Waals surface area contributed by atoms with Crippen LogP contribution in [0, 0.1) is 5.41 Å². The van der Waals surface area contributed by atoms with Gasteiger partial charge in [0, 0.05) is 18.5 Å². The summed E-state index contributed by atoms with van der Waals surface area (Å²) in [6.07, 6.45) is 1.72. The van der Waals surface area contributed by atoms with Crippen molar-refractivity contribution in [1.29, 1.82) is 0 Å². The molecule has 2 N–H and O–H groups in total. The molecule has 0 aliphatic carbocycles. The van der Waals surface area contributed by atoms with E-state index in [1.807, 2.05) is 31.4 Å². The highest BCUT2D eigenvalue weighted by molar-refractivity contribution is 7.20. The number of aromatic nitrogens is 1. The van der Waals surface area contributed by atoms with Gasteiger partial charge in [0.25, 0.3) is 5.91 Å². The van der Waals surface area contributed by atoms with E-state index < -0.39 is 0 Å². The van der Waals surface area contributed by atoms with Crippen LogP contribution in [-0.2, 0) is 0 Å². The first-order valence-electron chi connectivity index (χ1n) is 6.90. The van der Waals surface area contributed by atoms with Crippen LogP contribution >= 0.6 is 22.7 Å². The molecule has 0 aliphatic rings. The lowest BCUT2D eigenvalue weighted by Gasteiger charge is -2.21. The van der Waals surface area contributed by atoms with E-state index in [1.54, 1.807) is 16.7 Å². The summed E-state index contributed by atoms with van der Waals surface area (Å²) in [7, 11) is 0. The number of carbonyl (C=O) groups is 1. The van der Waals surface area contributed by atoms with E-state index in [4.69, 9.17) is 0 Å². The first-order valence-corrected chi connectivity index (χ1v) is 8.66. The monoisotopic (exact) mass is 324 g/mol. The number of nitrogens with zero attached hydrogens (tertiary/aromatic N) is 1. The molecule has 114 valence electrons. The van der Waals surface area contributed by atoms with E-state index >= 15 is 0 Å². The molecule has 2 aromatic heterocycles. The van der Waals surface area contributed by atoms with E-state index in [1.165, 1.54) is 11.3 Å². The minimum absolute atomic E-state index is 0.0856. The Morgan fingerprint density at radius 2 is 2.24 bits per heavy atom. The van der Waals surface area contributed by atoms with Gasteiger partial charge in [-0.05, 0) is 29.7 Å². The SMILES string of the molecule is CC(C)(CO)CCCNC(=O)c1csc(-c2cccs2)n1. The van der Waals surface area contributed by atoms with Gasteiger partial charge in [0.1, 0.15) is 10.7 Å². The smallest absolute Gasteiger partial charge is 0.270 e. The maximum atomic E-state index is 12.0. The molecule has 0 atom stereocenters. The third-order valence-electron chi connectivity index (χ3n) is 3.21. The molecule has 2 rings (SSSR count). The molecule has 0 saturated carbocycles. The molecule has 21 heavy (non-hydrogen) atoms. The lowest BCUT2D eigenvalue weighted by Crippen LogP contribution is -2.26. The molecule has 0 unspecified atom stereocenters. The number of thiophene rings is 1. The topological polar surface area (TPSA) is 62.2 Å². The minimum Gasteiger partial charge on any atom is -0.396 e. The Kier molecular flexibility index (Phi) is 5.50. The predicted octanol–water partition coefficient (Wildman–Crippen LogP) is 3.40. The average molecular weight is 324 g/mol. The van der Waals surface area contributed by atoms with Crippen LogP contribution in [-0.4, -0.2) is 29.1 Å². The molecule has 2 aromatic rings. The van der Waals surface area contributed by atoms with Crippen LogP contribution in [0.25, 0.3) is 9.88 Å². The Bertz CT molecular complexity index is 576. The third kappa shape index (κ3) is 4.62. The molecule has 6 heteroatoms. The fourth-order valence-electron chi connectivity index (χ4n) is 1.83. The Labute approximate surface area is 132 Å².